The molecule has 3 aromatic rings. The number of aromatic nitrogens is 4. The van der Waals surface area contributed by atoms with Gasteiger partial charge in [0.05, 0.1) is 12.7 Å². The van der Waals surface area contributed by atoms with E-state index in [-0.39, 0.29) is 5.69 Å². The first-order valence-electron chi connectivity index (χ1n) is 9.15. The summed E-state index contributed by atoms with van der Waals surface area (Å²) >= 11 is 0. The van der Waals surface area contributed by atoms with E-state index in [4.69, 9.17) is 0 Å². The molecule has 2 aromatic heterocycles. The number of imidazole rings is 1. The molecule has 1 aromatic carbocycles. The quantitative estimate of drug-likeness (QED) is 0.653. The van der Waals surface area contributed by atoms with Crippen LogP contribution in [0, 0.1) is 12.8 Å². The minimum atomic E-state index is -0.161. The highest BCUT2D eigenvalue weighted by atomic mass is 16.1. The lowest BCUT2D eigenvalue weighted by molar-refractivity contribution is 0.392. The molecule has 0 spiro atoms. The van der Waals surface area contributed by atoms with Crippen molar-refractivity contribution < 1.29 is 0 Å². The van der Waals surface area contributed by atoms with Crippen LogP contribution in [-0.2, 0) is 6.54 Å². The summed E-state index contributed by atoms with van der Waals surface area (Å²) in [7, 11) is 0. The number of nitrogens with one attached hydrogen (secondary N) is 3. The van der Waals surface area contributed by atoms with E-state index in [2.05, 4.69) is 38.6 Å². The molecule has 0 aliphatic carbocycles. The molecule has 1 fully saturated rings. The van der Waals surface area contributed by atoms with E-state index in [0.29, 0.717) is 29.6 Å². The van der Waals surface area contributed by atoms with E-state index in [1.165, 1.54) is 12.8 Å². The van der Waals surface area contributed by atoms with Crippen LogP contribution in [0.25, 0.3) is 11.2 Å². The van der Waals surface area contributed by atoms with Gasteiger partial charge in [0.1, 0.15) is 5.52 Å². The van der Waals surface area contributed by atoms with Gasteiger partial charge in [-0.25, -0.2) is 9.78 Å². The number of fused-ring (bicyclic) bond motifs is 1. The van der Waals surface area contributed by atoms with Crippen molar-refractivity contribution in [3.8, 4) is 0 Å². The SMILES string of the molecule is Cc1ccccc1Cn1c(=O)[nH]c2cnc(NC[C@@H]3CCCNC3)nc21. The summed E-state index contributed by atoms with van der Waals surface area (Å²) in [4.78, 5) is 24.2. The van der Waals surface area contributed by atoms with Crippen LogP contribution in [0.15, 0.2) is 35.3 Å². The Bertz CT molecular complexity index is 954. The number of rotatable bonds is 5. The molecule has 26 heavy (non-hydrogen) atoms. The van der Waals surface area contributed by atoms with Crippen LogP contribution in [-0.4, -0.2) is 39.2 Å². The molecule has 1 saturated heterocycles. The fourth-order valence-corrected chi connectivity index (χ4v) is 3.47. The number of H-pyrrole nitrogens is 1. The van der Waals surface area contributed by atoms with E-state index in [9.17, 15) is 4.79 Å². The molecule has 0 saturated carbocycles. The number of aryl methyl sites for hydroxylation is 1. The van der Waals surface area contributed by atoms with Gasteiger partial charge in [0.25, 0.3) is 0 Å². The van der Waals surface area contributed by atoms with Crippen molar-refractivity contribution in [1.82, 2.24) is 24.8 Å². The Hall–Kier alpha value is -2.67. The normalized spacial score (nSPS) is 17.5. The molecule has 3 N–H and O–H groups in total. The first kappa shape index (κ1) is 16.8. The van der Waals surface area contributed by atoms with Crippen molar-refractivity contribution in [1.29, 1.82) is 0 Å². The lowest BCUT2D eigenvalue weighted by Crippen LogP contribution is -2.33. The Morgan fingerprint density at radius 3 is 3.04 bits per heavy atom. The van der Waals surface area contributed by atoms with Crippen molar-refractivity contribution >= 4 is 17.1 Å². The molecular formula is C19H24N6O. The van der Waals surface area contributed by atoms with Crippen molar-refractivity contribution in [3.05, 3.63) is 52.1 Å². The van der Waals surface area contributed by atoms with Crippen LogP contribution >= 0.6 is 0 Å². The summed E-state index contributed by atoms with van der Waals surface area (Å²) in [6, 6.07) is 8.08. The molecule has 0 bridgehead atoms. The van der Waals surface area contributed by atoms with Crippen molar-refractivity contribution in [2.24, 2.45) is 5.92 Å². The van der Waals surface area contributed by atoms with Crippen molar-refractivity contribution in [2.75, 3.05) is 25.0 Å². The van der Waals surface area contributed by atoms with Gasteiger partial charge in [-0.3, -0.25) is 4.57 Å². The van der Waals surface area contributed by atoms with E-state index in [1.807, 2.05) is 18.2 Å². The minimum absolute atomic E-state index is 0.161. The van der Waals surface area contributed by atoms with Gasteiger partial charge in [0.15, 0.2) is 5.65 Å². The largest absolute Gasteiger partial charge is 0.354 e. The van der Waals surface area contributed by atoms with Gasteiger partial charge in [0.2, 0.25) is 5.95 Å². The van der Waals surface area contributed by atoms with Crippen LogP contribution in [0.2, 0.25) is 0 Å². The molecule has 7 nitrogen and oxygen atoms in total. The Kier molecular flexibility index (Phi) is 4.71. The molecule has 0 unspecified atom stereocenters. The number of piperidine rings is 1. The number of hydrogen-bond donors (Lipinski definition) is 3. The molecule has 7 heteroatoms. The lowest BCUT2D eigenvalue weighted by atomic mass is 10.00. The Labute approximate surface area is 151 Å². The van der Waals surface area contributed by atoms with Gasteiger partial charge in [0, 0.05) is 6.54 Å². The maximum Gasteiger partial charge on any atom is 0.328 e. The van der Waals surface area contributed by atoms with Crippen LogP contribution in [0.1, 0.15) is 24.0 Å². The molecule has 1 aliphatic heterocycles. The molecule has 0 radical (unpaired) electrons. The van der Waals surface area contributed by atoms with Gasteiger partial charge < -0.3 is 15.6 Å². The molecule has 3 heterocycles. The van der Waals surface area contributed by atoms with E-state index >= 15 is 0 Å². The van der Waals surface area contributed by atoms with Crippen LogP contribution in [0.5, 0.6) is 0 Å². The fourth-order valence-electron chi connectivity index (χ4n) is 3.47. The average Bonchev–Trinajstić information content (AvgIpc) is 2.97. The summed E-state index contributed by atoms with van der Waals surface area (Å²) in [6.07, 6.45) is 4.10. The highest BCUT2D eigenvalue weighted by molar-refractivity contribution is 5.71. The molecule has 4 rings (SSSR count). The molecule has 1 aliphatic rings. The highest BCUT2D eigenvalue weighted by Crippen LogP contribution is 2.15. The van der Waals surface area contributed by atoms with E-state index < -0.39 is 0 Å². The predicted molar refractivity (Wildman–Crippen MR) is 103 cm³/mol. The third-order valence-corrected chi connectivity index (χ3v) is 5.05. The Morgan fingerprint density at radius 2 is 2.23 bits per heavy atom. The topological polar surface area (TPSA) is 87.6 Å². The Balaban J connectivity index is 1.58. The fraction of sp³-hybridized carbons (Fsp3) is 0.421. The third-order valence-electron chi connectivity index (χ3n) is 5.05. The highest BCUT2D eigenvalue weighted by Gasteiger charge is 2.14. The molecule has 0 amide bonds. The van der Waals surface area contributed by atoms with Gasteiger partial charge >= 0.3 is 5.69 Å². The number of benzene rings is 1. The van der Waals surface area contributed by atoms with E-state index in [0.717, 1.165) is 30.8 Å². The second-order valence-corrected chi connectivity index (χ2v) is 6.97. The maximum atomic E-state index is 12.4. The zero-order valence-corrected chi connectivity index (χ0v) is 15.0. The number of anilines is 1. The van der Waals surface area contributed by atoms with Gasteiger partial charge in [-0.05, 0) is 49.9 Å². The molecular weight excluding hydrogens is 328 g/mol. The number of aromatic amines is 1. The van der Waals surface area contributed by atoms with E-state index in [1.54, 1.807) is 10.8 Å². The monoisotopic (exact) mass is 352 g/mol. The van der Waals surface area contributed by atoms with Crippen LogP contribution in [0.4, 0.5) is 5.95 Å². The standard InChI is InChI=1S/C19H24N6O/c1-13-5-2-3-7-15(13)12-25-17-16(23-19(25)26)11-22-18(24-17)21-10-14-6-4-8-20-9-14/h2-3,5,7,11,14,20H,4,6,8-10,12H2,1H3,(H,23,26)(H,21,22,24)/t14-/m1/s1. The third kappa shape index (κ3) is 3.48. The smallest absolute Gasteiger partial charge is 0.328 e. The minimum Gasteiger partial charge on any atom is -0.354 e. The Morgan fingerprint density at radius 1 is 1.35 bits per heavy atom. The van der Waals surface area contributed by atoms with Gasteiger partial charge in [-0.15, -0.1) is 0 Å². The summed E-state index contributed by atoms with van der Waals surface area (Å²) in [5.74, 6) is 1.16. The molecule has 1 atom stereocenters. The first-order valence-corrected chi connectivity index (χ1v) is 9.15. The second kappa shape index (κ2) is 7.29. The average molecular weight is 352 g/mol. The number of nitrogens with zero attached hydrogens (tertiary/aromatic N) is 3. The first-order chi connectivity index (χ1) is 12.7. The maximum absolute atomic E-state index is 12.4. The summed E-state index contributed by atoms with van der Waals surface area (Å²) < 4.78 is 1.67. The zero-order valence-electron chi connectivity index (χ0n) is 15.0. The summed E-state index contributed by atoms with van der Waals surface area (Å²) in [6.45, 7) is 5.51. The predicted octanol–water partition coefficient (Wildman–Crippen LogP) is 1.89. The van der Waals surface area contributed by atoms with Gasteiger partial charge in [-0.2, -0.15) is 4.98 Å². The van der Waals surface area contributed by atoms with Crippen LogP contribution < -0.4 is 16.3 Å². The zero-order chi connectivity index (χ0) is 17.9. The lowest BCUT2D eigenvalue weighted by Gasteiger charge is -2.22. The second-order valence-electron chi connectivity index (χ2n) is 6.97. The molecule has 136 valence electrons. The van der Waals surface area contributed by atoms with Crippen LogP contribution in [0.3, 0.4) is 0 Å². The van der Waals surface area contributed by atoms with Gasteiger partial charge in [-0.1, -0.05) is 24.3 Å². The number of hydrogen-bond acceptors (Lipinski definition) is 5. The van der Waals surface area contributed by atoms with Crippen molar-refractivity contribution in [2.45, 2.75) is 26.3 Å². The summed E-state index contributed by atoms with van der Waals surface area (Å²) in [5, 5.41) is 6.74. The van der Waals surface area contributed by atoms with Crippen molar-refractivity contribution in [3.63, 3.8) is 0 Å². The summed E-state index contributed by atoms with van der Waals surface area (Å²) in [5.41, 5.74) is 3.40.